The van der Waals surface area contributed by atoms with Crippen LogP contribution in [0.15, 0.2) is 115 Å². The van der Waals surface area contributed by atoms with Crippen molar-refractivity contribution in [2.45, 2.75) is 70.2 Å². The number of alkyl halides is 2. The van der Waals surface area contributed by atoms with Gasteiger partial charge in [0.15, 0.2) is 6.61 Å². The van der Waals surface area contributed by atoms with E-state index in [1.54, 1.807) is 105 Å². The van der Waals surface area contributed by atoms with E-state index < -0.39 is 48.5 Å². The third-order valence-corrected chi connectivity index (χ3v) is 7.83. The lowest BCUT2D eigenvalue weighted by Gasteiger charge is -2.24. The summed E-state index contributed by atoms with van der Waals surface area (Å²) in [5.41, 5.74) is 0.667. The predicted octanol–water partition coefficient (Wildman–Crippen LogP) is 8.41. The number of esters is 3. The van der Waals surface area contributed by atoms with Crippen LogP contribution in [0.25, 0.3) is 0 Å². The summed E-state index contributed by atoms with van der Waals surface area (Å²) in [6.45, 7) is 2.70. The molecule has 0 amide bonds. The fourth-order valence-electron chi connectivity index (χ4n) is 5.54. The molecule has 1 saturated carbocycles. The fourth-order valence-corrected chi connectivity index (χ4v) is 5.54. The van der Waals surface area contributed by atoms with E-state index in [-0.39, 0.29) is 24.9 Å². The molecular weight excluding hydrogens is 618 g/mol. The van der Waals surface area contributed by atoms with E-state index >= 15 is 8.78 Å². The Bertz CT molecular complexity index is 1510. The Morgan fingerprint density at radius 3 is 1.96 bits per heavy atom. The molecule has 4 atom stereocenters. The van der Waals surface area contributed by atoms with Gasteiger partial charge in [0.25, 0.3) is 5.92 Å². The number of rotatable bonds is 16. The fraction of sp³-hybridized carbons (Fsp3) is 0.359. The van der Waals surface area contributed by atoms with Crippen molar-refractivity contribution >= 4 is 17.9 Å². The first kappa shape index (κ1) is 36.1. The monoisotopic (exact) mass is 660 g/mol. The van der Waals surface area contributed by atoms with Crippen molar-refractivity contribution in [1.82, 2.24) is 0 Å². The van der Waals surface area contributed by atoms with Crippen LogP contribution in [-0.4, -0.2) is 48.7 Å². The lowest BCUT2D eigenvalue weighted by atomic mass is 9.89. The molecule has 0 aliphatic heterocycles. The zero-order valence-electron chi connectivity index (χ0n) is 27.2. The number of carbonyl (C=O) groups is 3. The normalized spacial score (nSPS) is 19.4. The van der Waals surface area contributed by atoms with Crippen LogP contribution in [0.1, 0.15) is 66.7 Å². The van der Waals surface area contributed by atoms with E-state index in [9.17, 15) is 14.4 Å². The molecule has 0 spiro atoms. The minimum Gasteiger partial charge on any atom is -0.487 e. The van der Waals surface area contributed by atoms with Gasteiger partial charge in [-0.05, 0) is 75.6 Å². The van der Waals surface area contributed by atoms with Gasteiger partial charge in [0.1, 0.15) is 18.0 Å². The summed E-state index contributed by atoms with van der Waals surface area (Å²) in [7, 11) is 0. The summed E-state index contributed by atoms with van der Waals surface area (Å²) in [5, 5.41) is 0. The van der Waals surface area contributed by atoms with Crippen LogP contribution in [-0.2, 0) is 19.0 Å². The zero-order valence-corrected chi connectivity index (χ0v) is 27.2. The van der Waals surface area contributed by atoms with Crippen molar-refractivity contribution in [3.05, 3.63) is 126 Å². The van der Waals surface area contributed by atoms with Gasteiger partial charge in [0.2, 0.25) is 0 Å². The van der Waals surface area contributed by atoms with E-state index in [1.807, 2.05) is 12.2 Å². The molecule has 1 fully saturated rings. The first-order valence-electron chi connectivity index (χ1n) is 16.2. The van der Waals surface area contributed by atoms with Gasteiger partial charge < -0.3 is 18.9 Å². The van der Waals surface area contributed by atoms with Crippen LogP contribution in [0.2, 0.25) is 0 Å². The molecule has 0 bridgehead atoms. The lowest BCUT2D eigenvalue weighted by Crippen LogP contribution is -2.28. The Kier molecular flexibility index (Phi) is 13.5. The Balaban J connectivity index is 1.55. The van der Waals surface area contributed by atoms with E-state index in [0.717, 1.165) is 6.08 Å². The van der Waals surface area contributed by atoms with Crippen LogP contribution in [0.5, 0.6) is 5.75 Å². The van der Waals surface area contributed by atoms with Crippen molar-refractivity contribution in [2.24, 2.45) is 11.8 Å². The first-order valence-corrected chi connectivity index (χ1v) is 16.2. The Labute approximate surface area is 280 Å². The van der Waals surface area contributed by atoms with Gasteiger partial charge in [0, 0.05) is 24.7 Å². The van der Waals surface area contributed by atoms with Crippen molar-refractivity contribution < 1.29 is 42.1 Å². The molecule has 1 aliphatic carbocycles. The van der Waals surface area contributed by atoms with Gasteiger partial charge in [-0.25, -0.2) is 9.59 Å². The highest BCUT2D eigenvalue weighted by Gasteiger charge is 2.46. The molecule has 254 valence electrons. The molecule has 0 N–H and O–H groups in total. The minimum atomic E-state index is -3.34. The maximum Gasteiger partial charge on any atom is 0.338 e. The van der Waals surface area contributed by atoms with E-state index in [4.69, 9.17) is 18.9 Å². The summed E-state index contributed by atoms with van der Waals surface area (Å²) >= 11 is 0. The van der Waals surface area contributed by atoms with Gasteiger partial charge in [-0.3, -0.25) is 4.79 Å². The third kappa shape index (κ3) is 11.5. The van der Waals surface area contributed by atoms with E-state index in [2.05, 4.69) is 0 Å². The highest BCUT2D eigenvalue weighted by Crippen LogP contribution is 2.41. The molecule has 3 aromatic rings. The largest absolute Gasteiger partial charge is 0.487 e. The number of allylic oxidation sites excluding steroid dienone is 2. The number of carbonyl (C=O) groups excluding carboxylic acids is 3. The quantitative estimate of drug-likeness (QED) is 0.0660. The minimum absolute atomic E-state index is 0.123. The topological polar surface area (TPSA) is 88.1 Å². The smallest absolute Gasteiger partial charge is 0.338 e. The molecule has 7 nitrogen and oxygen atoms in total. The predicted molar refractivity (Wildman–Crippen MR) is 178 cm³/mol. The summed E-state index contributed by atoms with van der Waals surface area (Å²) in [4.78, 5) is 38.2. The van der Waals surface area contributed by atoms with Gasteiger partial charge >= 0.3 is 17.9 Å². The Morgan fingerprint density at radius 1 is 0.812 bits per heavy atom. The number of para-hydroxylation sites is 1. The molecule has 0 radical (unpaired) electrons. The second kappa shape index (κ2) is 17.9. The van der Waals surface area contributed by atoms with Crippen LogP contribution >= 0.6 is 0 Å². The first-order chi connectivity index (χ1) is 23.1. The van der Waals surface area contributed by atoms with Crippen molar-refractivity contribution in [3.63, 3.8) is 0 Å². The maximum absolute atomic E-state index is 15.2. The lowest BCUT2D eigenvalue weighted by molar-refractivity contribution is -0.147. The second-order valence-corrected chi connectivity index (χ2v) is 12.0. The number of halogens is 2. The van der Waals surface area contributed by atoms with Crippen LogP contribution < -0.4 is 4.74 Å². The van der Waals surface area contributed by atoms with Crippen molar-refractivity contribution in [1.29, 1.82) is 0 Å². The Hall–Kier alpha value is -4.79. The Morgan fingerprint density at radius 2 is 1.38 bits per heavy atom. The van der Waals surface area contributed by atoms with Crippen molar-refractivity contribution in [3.8, 4) is 5.75 Å². The molecule has 9 heteroatoms. The molecule has 1 aliphatic rings. The molecule has 4 unspecified atom stereocenters. The summed E-state index contributed by atoms with van der Waals surface area (Å²) < 4.78 is 52.7. The van der Waals surface area contributed by atoms with Crippen molar-refractivity contribution in [2.75, 3.05) is 6.61 Å². The SMILES string of the molecule is CC(C)OC(=O)CCCC=CCC1C(OC(=O)c2ccccc2)CC(OC(=O)c2ccccc2)C1C=CC(F)(F)COc1ccccc1. The zero-order chi connectivity index (χ0) is 34.4. The highest BCUT2D eigenvalue weighted by molar-refractivity contribution is 5.90. The molecule has 4 rings (SSSR count). The third-order valence-electron chi connectivity index (χ3n) is 7.83. The molecule has 3 aromatic carbocycles. The van der Waals surface area contributed by atoms with Gasteiger partial charge in [0.05, 0.1) is 17.2 Å². The summed E-state index contributed by atoms with van der Waals surface area (Å²) in [6.07, 6.45) is 6.08. The van der Waals surface area contributed by atoms with E-state index in [0.29, 0.717) is 36.1 Å². The van der Waals surface area contributed by atoms with E-state index in [1.165, 1.54) is 6.08 Å². The number of ether oxygens (including phenoxy) is 4. The number of unbranched alkanes of at least 4 members (excludes halogenated alkanes) is 1. The number of benzene rings is 3. The molecule has 0 aromatic heterocycles. The number of hydrogen-bond acceptors (Lipinski definition) is 7. The average Bonchev–Trinajstić information content (AvgIpc) is 3.40. The molecular formula is C39H42F2O7. The summed E-state index contributed by atoms with van der Waals surface area (Å²) in [6, 6.07) is 25.2. The molecule has 0 heterocycles. The number of hydrogen-bond donors (Lipinski definition) is 0. The summed E-state index contributed by atoms with van der Waals surface area (Å²) in [5.74, 6) is -5.65. The van der Waals surface area contributed by atoms with Gasteiger partial charge in [-0.1, -0.05) is 72.8 Å². The highest BCUT2D eigenvalue weighted by atomic mass is 19.3. The van der Waals surface area contributed by atoms with Gasteiger partial charge in [-0.15, -0.1) is 0 Å². The maximum atomic E-state index is 15.2. The standard InChI is InChI=1S/C39H42F2O7/c1-28(2)46-36(42)23-15-4-3-14-22-32-33(24-25-39(40,41)27-45-31-20-12-7-13-21-31)35(48-38(44)30-18-10-6-11-19-30)26-34(32)47-37(43)29-16-8-5-9-17-29/h3,5-14,16-21,24-25,28,32-35H,4,15,22-23,26-27H2,1-2H3. The van der Waals surface area contributed by atoms with Gasteiger partial charge in [-0.2, -0.15) is 8.78 Å². The van der Waals surface area contributed by atoms with Crippen LogP contribution in [0.4, 0.5) is 8.78 Å². The molecule has 0 saturated heterocycles. The van der Waals surface area contributed by atoms with Crippen LogP contribution in [0.3, 0.4) is 0 Å². The molecule has 48 heavy (non-hydrogen) atoms. The average molecular weight is 661 g/mol. The van der Waals surface area contributed by atoms with Crippen LogP contribution in [0, 0.1) is 11.8 Å². The second-order valence-electron chi connectivity index (χ2n) is 12.0.